The van der Waals surface area contributed by atoms with E-state index in [1.807, 2.05) is 25.3 Å². The normalized spacial score (nSPS) is 11.7. The first-order valence-electron chi connectivity index (χ1n) is 7.68. The maximum Gasteiger partial charge on any atom is 0.171 e. The lowest BCUT2D eigenvalue weighted by Crippen LogP contribution is -2.33. The summed E-state index contributed by atoms with van der Waals surface area (Å²) in [5.74, 6) is 1.34. The van der Waals surface area contributed by atoms with Crippen LogP contribution >= 0.6 is 12.2 Å². The van der Waals surface area contributed by atoms with Crippen molar-refractivity contribution in [3.63, 3.8) is 0 Å². The predicted octanol–water partition coefficient (Wildman–Crippen LogP) is 3.95. The number of hydrogen-bond donors (Lipinski definition) is 2. The summed E-state index contributed by atoms with van der Waals surface area (Å²) < 4.78 is 0. The van der Waals surface area contributed by atoms with Crippen molar-refractivity contribution in [2.75, 3.05) is 11.9 Å². The average molecular weight is 313 g/mol. The zero-order valence-electron chi connectivity index (χ0n) is 13.2. The Morgan fingerprint density at radius 1 is 1.18 bits per heavy atom. The smallest absolute Gasteiger partial charge is 0.171 e. The molecule has 2 N–H and O–H groups in total. The zero-order chi connectivity index (χ0) is 15.8. The van der Waals surface area contributed by atoms with E-state index in [0.717, 1.165) is 30.8 Å². The molecule has 4 heteroatoms. The minimum Gasteiger partial charge on any atom is -0.362 e. The average Bonchev–Trinajstić information content (AvgIpc) is 2.54. The molecule has 0 saturated heterocycles. The number of pyridine rings is 1. The number of nitrogens with one attached hydrogen (secondary N) is 2. The molecule has 2 rings (SSSR count). The molecule has 116 valence electrons. The number of benzene rings is 1. The number of anilines is 1. The SMILES string of the molecule is CC[C@@H](CNC(=S)Nc1ccc(C)cn1)Cc1ccccc1. The van der Waals surface area contributed by atoms with Crippen LogP contribution in [0, 0.1) is 12.8 Å². The first-order valence-corrected chi connectivity index (χ1v) is 8.09. The second-order valence-corrected chi connectivity index (χ2v) is 5.93. The van der Waals surface area contributed by atoms with Crippen LogP contribution in [0.15, 0.2) is 48.7 Å². The second-order valence-electron chi connectivity index (χ2n) is 5.52. The van der Waals surface area contributed by atoms with Gasteiger partial charge in [0.1, 0.15) is 5.82 Å². The van der Waals surface area contributed by atoms with Gasteiger partial charge in [0, 0.05) is 12.7 Å². The molecule has 3 nitrogen and oxygen atoms in total. The van der Waals surface area contributed by atoms with E-state index in [1.54, 1.807) is 0 Å². The zero-order valence-corrected chi connectivity index (χ0v) is 14.0. The Kier molecular flexibility index (Phi) is 6.34. The number of hydrogen-bond acceptors (Lipinski definition) is 2. The van der Waals surface area contributed by atoms with Gasteiger partial charge in [-0.1, -0.05) is 49.7 Å². The Morgan fingerprint density at radius 3 is 2.59 bits per heavy atom. The minimum absolute atomic E-state index is 0.563. The van der Waals surface area contributed by atoms with Crippen LogP contribution in [0.2, 0.25) is 0 Å². The van der Waals surface area contributed by atoms with Crippen molar-refractivity contribution < 1.29 is 0 Å². The van der Waals surface area contributed by atoms with Crippen molar-refractivity contribution in [2.45, 2.75) is 26.7 Å². The Bertz CT molecular complexity index is 581. The third-order valence-electron chi connectivity index (χ3n) is 3.65. The second kappa shape index (κ2) is 8.49. The molecule has 0 saturated carbocycles. The molecule has 0 unspecified atom stereocenters. The van der Waals surface area contributed by atoms with E-state index >= 15 is 0 Å². The van der Waals surface area contributed by atoms with Crippen LogP contribution in [-0.4, -0.2) is 16.6 Å². The van der Waals surface area contributed by atoms with Crippen LogP contribution in [0.3, 0.4) is 0 Å². The topological polar surface area (TPSA) is 37.0 Å². The van der Waals surface area contributed by atoms with Gasteiger partial charge in [-0.3, -0.25) is 0 Å². The van der Waals surface area contributed by atoms with Gasteiger partial charge in [-0.15, -0.1) is 0 Å². The largest absolute Gasteiger partial charge is 0.362 e. The maximum atomic E-state index is 5.34. The Labute approximate surface area is 138 Å². The van der Waals surface area contributed by atoms with Crippen LogP contribution < -0.4 is 10.6 Å². The van der Waals surface area contributed by atoms with Crippen LogP contribution in [-0.2, 0) is 6.42 Å². The summed E-state index contributed by atoms with van der Waals surface area (Å²) in [6.07, 6.45) is 4.01. The predicted molar refractivity (Wildman–Crippen MR) is 97.1 cm³/mol. The van der Waals surface area contributed by atoms with Crippen LogP contribution in [0.4, 0.5) is 5.82 Å². The lowest BCUT2D eigenvalue weighted by atomic mass is 9.97. The van der Waals surface area contributed by atoms with Crippen molar-refractivity contribution in [1.82, 2.24) is 10.3 Å². The standard InChI is InChI=1S/C18H23N3S/c1-3-15(11-16-7-5-4-6-8-16)13-20-18(22)21-17-10-9-14(2)12-19-17/h4-10,12,15H,3,11,13H2,1-2H3,(H2,19,20,21,22)/t15-/m1/s1. The molecule has 0 bridgehead atoms. The summed E-state index contributed by atoms with van der Waals surface area (Å²) in [4.78, 5) is 4.29. The maximum absolute atomic E-state index is 5.34. The molecular weight excluding hydrogens is 290 g/mol. The van der Waals surface area contributed by atoms with E-state index in [9.17, 15) is 0 Å². The fourth-order valence-electron chi connectivity index (χ4n) is 2.25. The van der Waals surface area contributed by atoms with Gasteiger partial charge in [0.25, 0.3) is 0 Å². The van der Waals surface area contributed by atoms with Crippen LogP contribution in [0.1, 0.15) is 24.5 Å². The molecule has 0 spiro atoms. The molecule has 1 heterocycles. The molecule has 1 atom stereocenters. The van der Waals surface area contributed by atoms with Crippen LogP contribution in [0.5, 0.6) is 0 Å². The molecule has 2 aromatic rings. The summed E-state index contributed by atoms with van der Waals surface area (Å²) in [7, 11) is 0. The molecule has 0 aliphatic rings. The number of aryl methyl sites for hydroxylation is 1. The van der Waals surface area contributed by atoms with E-state index < -0.39 is 0 Å². The van der Waals surface area contributed by atoms with E-state index in [0.29, 0.717) is 11.0 Å². The third-order valence-corrected chi connectivity index (χ3v) is 3.90. The van der Waals surface area contributed by atoms with Gasteiger partial charge in [-0.2, -0.15) is 0 Å². The lowest BCUT2D eigenvalue weighted by Gasteiger charge is -2.17. The first kappa shape index (κ1) is 16.4. The third kappa shape index (κ3) is 5.45. The summed E-state index contributed by atoms with van der Waals surface area (Å²) in [5, 5.41) is 7.05. The van der Waals surface area contributed by atoms with Gasteiger partial charge < -0.3 is 10.6 Å². The molecule has 1 aromatic carbocycles. The Morgan fingerprint density at radius 2 is 1.95 bits per heavy atom. The number of nitrogens with zero attached hydrogens (tertiary/aromatic N) is 1. The Hall–Kier alpha value is -1.94. The molecular formula is C18H23N3S. The van der Waals surface area contributed by atoms with E-state index in [-0.39, 0.29) is 0 Å². The van der Waals surface area contributed by atoms with Crippen molar-refractivity contribution in [2.24, 2.45) is 5.92 Å². The number of aromatic nitrogens is 1. The van der Waals surface area contributed by atoms with Gasteiger partial charge >= 0.3 is 0 Å². The quantitative estimate of drug-likeness (QED) is 0.792. The summed E-state index contributed by atoms with van der Waals surface area (Å²) in [6, 6.07) is 14.5. The summed E-state index contributed by atoms with van der Waals surface area (Å²) in [5.41, 5.74) is 2.51. The van der Waals surface area contributed by atoms with Crippen molar-refractivity contribution in [3.8, 4) is 0 Å². The highest BCUT2D eigenvalue weighted by Gasteiger charge is 2.08. The minimum atomic E-state index is 0.563. The van der Waals surface area contributed by atoms with Gasteiger partial charge in [0.15, 0.2) is 5.11 Å². The van der Waals surface area contributed by atoms with Gasteiger partial charge in [-0.25, -0.2) is 4.98 Å². The van der Waals surface area contributed by atoms with E-state index in [1.165, 1.54) is 5.56 Å². The van der Waals surface area contributed by atoms with Crippen molar-refractivity contribution in [3.05, 3.63) is 59.8 Å². The molecule has 0 fully saturated rings. The Balaban J connectivity index is 1.79. The van der Waals surface area contributed by atoms with E-state index in [2.05, 4.69) is 52.9 Å². The molecule has 0 aliphatic heterocycles. The molecule has 0 aliphatic carbocycles. The highest BCUT2D eigenvalue weighted by atomic mass is 32.1. The first-order chi connectivity index (χ1) is 10.7. The van der Waals surface area contributed by atoms with Gasteiger partial charge in [0.05, 0.1) is 0 Å². The summed E-state index contributed by atoms with van der Waals surface area (Å²) in [6.45, 7) is 5.10. The number of rotatable bonds is 6. The molecule has 1 aromatic heterocycles. The van der Waals surface area contributed by atoms with Gasteiger partial charge in [-0.05, 0) is 48.7 Å². The highest BCUT2D eigenvalue weighted by Crippen LogP contribution is 2.11. The fourth-order valence-corrected chi connectivity index (χ4v) is 2.44. The van der Waals surface area contributed by atoms with Crippen molar-refractivity contribution in [1.29, 1.82) is 0 Å². The molecule has 0 amide bonds. The number of thiocarbonyl (C=S) groups is 1. The molecule has 0 radical (unpaired) electrons. The highest BCUT2D eigenvalue weighted by molar-refractivity contribution is 7.80. The van der Waals surface area contributed by atoms with Crippen molar-refractivity contribution >= 4 is 23.1 Å². The summed E-state index contributed by atoms with van der Waals surface area (Å²) >= 11 is 5.34. The van der Waals surface area contributed by atoms with Gasteiger partial charge in [0.2, 0.25) is 0 Å². The monoisotopic (exact) mass is 313 g/mol. The van der Waals surface area contributed by atoms with Crippen LogP contribution in [0.25, 0.3) is 0 Å². The fraction of sp³-hybridized carbons (Fsp3) is 0.333. The molecule has 22 heavy (non-hydrogen) atoms. The van der Waals surface area contributed by atoms with E-state index in [4.69, 9.17) is 12.2 Å². The lowest BCUT2D eigenvalue weighted by molar-refractivity contribution is 0.498.